The van der Waals surface area contributed by atoms with Gasteiger partial charge in [-0.1, -0.05) is 13.8 Å². The van der Waals surface area contributed by atoms with E-state index in [2.05, 4.69) is 28.9 Å². The van der Waals surface area contributed by atoms with E-state index in [0.29, 0.717) is 23.4 Å². The number of hydrogen-bond acceptors (Lipinski definition) is 4. The van der Waals surface area contributed by atoms with Crippen LogP contribution in [0.5, 0.6) is 0 Å². The van der Waals surface area contributed by atoms with Crippen LogP contribution in [-0.4, -0.2) is 19.7 Å². The van der Waals surface area contributed by atoms with Crippen molar-refractivity contribution in [3.8, 4) is 5.95 Å². The van der Waals surface area contributed by atoms with Gasteiger partial charge in [0.15, 0.2) is 0 Å². The number of nitrogens with zero attached hydrogens (tertiary/aromatic N) is 3. The predicted molar refractivity (Wildman–Crippen MR) is 69.7 cm³/mol. The van der Waals surface area contributed by atoms with Crippen molar-refractivity contribution in [3.63, 3.8) is 0 Å². The summed E-state index contributed by atoms with van der Waals surface area (Å²) in [5.74, 6) is 1.32. The number of anilines is 1. The van der Waals surface area contributed by atoms with Crippen LogP contribution in [-0.2, 0) is 6.42 Å². The van der Waals surface area contributed by atoms with Crippen LogP contribution in [0.3, 0.4) is 0 Å². The van der Waals surface area contributed by atoms with E-state index in [9.17, 15) is 4.79 Å². The van der Waals surface area contributed by atoms with Crippen molar-refractivity contribution in [1.82, 2.24) is 19.7 Å². The number of rotatable bonds is 3. The minimum Gasteiger partial charge on any atom is -0.383 e. The Morgan fingerprint density at radius 1 is 1.44 bits per heavy atom. The summed E-state index contributed by atoms with van der Waals surface area (Å²) in [5, 5.41) is 4.36. The molecule has 0 atom stereocenters. The van der Waals surface area contributed by atoms with Gasteiger partial charge in [-0.25, -0.2) is 4.98 Å². The first-order valence-corrected chi connectivity index (χ1v) is 5.88. The lowest BCUT2D eigenvalue weighted by atomic mass is 10.1. The van der Waals surface area contributed by atoms with Gasteiger partial charge in [-0.05, 0) is 19.3 Å². The number of hydrogen-bond donors (Lipinski definition) is 2. The van der Waals surface area contributed by atoms with Crippen molar-refractivity contribution in [1.29, 1.82) is 0 Å². The number of nitrogens with one attached hydrogen (secondary N) is 1. The second kappa shape index (κ2) is 4.64. The zero-order valence-corrected chi connectivity index (χ0v) is 10.8. The molecule has 6 nitrogen and oxygen atoms in total. The van der Waals surface area contributed by atoms with E-state index in [4.69, 9.17) is 5.73 Å². The van der Waals surface area contributed by atoms with E-state index < -0.39 is 0 Å². The molecular formula is C12H17N5O. The fourth-order valence-electron chi connectivity index (χ4n) is 1.80. The maximum atomic E-state index is 11.4. The first kappa shape index (κ1) is 12.3. The molecule has 18 heavy (non-hydrogen) atoms. The summed E-state index contributed by atoms with van der Waals surface area (Å²) in [6.07, 6.45) is 0.841. The van der Waals surface area contributed by atoms with Crippen LogP contribution in [0.2, 0.25) is 0 Å². The second-order valence-electron chi connectivity index (χ2n) is 4.78. The van der Waals surface area contributed by atoms with Gasteiger partial charge in [-0.3, -0.25) is 9.78 Å². The largest absolute Gasteiger partial charge is 0.383 e. The van der Waals surface area contributed by atoms with Crippen LogP contribution >= 0.6 is 0 Å². The lowest BCUT2D eigenvalue weighted by Gasteiger charge is -2.03. The third-order valence-electron chi connectivity index (χ3n) is 2.46. The van der Waals surface area contributed by atoms with Crippen LogP contribution < -0.4 is 11.3 Å². The van der Waals surface area contributed by atoms with E-state index in [1.165, 1.54) is 10.7 Å². The quantitative estimate of drug-likeness (QED) is 0.848. The van der Waals surface area contributed by atoms with Crippen molar-refractivity contribution in [2.24, 2.45) is 5.92 Å². The van der Waals surface area contributed by atoms with Crippen LogP contribution in [0, 0.1) is 12.8 Å². The van der Waals surface area contributed by atoms with E-state index in [1.54, 1.807) is 6.92 Å². The van der Waals surface area contributed by atoms with Gasteiger partial charge in [-0.2, -0.15) is 9.78 Å². The molecule has 0 spiro atoms. The highest BCUT2D eigenvalue weighted by molar-refractivity contribution is 5.37. The SMILES string of the molecule is Cc1cc(=O)[nH]c(-n2nc(CC(C)C)cc2N)n1. The third-order valence-corrected chi connectivity index (χ3v) is 2.46. The fourth-order valence-corrected chi connectivity index (χ4v) is 1.80. The summed E-state index contributed by atoms with van der Waals surface area (Å²) < 4.78 is 1.46. The molecule has 0 aliphatic rings. The monoisotopic (exact) mass is 247 g/mol. The van der Waals surface area contributed by atoms with E-state index in [-0.39, 0.29) is 5.56 Å². The third kappa shape index (κ3) is 2.58. The van der Waals surface area contributed by atoms with Gasteiger partial charge in [0.1, 0.15) is 5.82 Å². The molecule has 0 saturated carbocycles. The van der Waals surface area contributed by atoms with Gasteiger partial charge in [0.25, 0.3) is 5.56 Å². The number of aryl methyl sites for hydroxylation is 1. The Labute approximate surface area is 105 Å². The van der Waals surface area contributed by atoms with E-state index >= 15 is 0 Å². The summed E-state index contributed by atoms with van der Waals surface area (Å²) in [6, 6.07) is 3.24. The summed E-state index contributed by atoms with van der Waals surface area (Å²) in [7, 11) is 0. The minimum atomic E-state index is -0.210. The molecule has 0 bridgehead atoms. The number of aromatic amines is 1. The van der Waals surface area contributed by atoms with Crippen molar-refractivity contribution in [3.05, 3.63) is 33.9 Å². The Morgan fingerprint density at radius 2 is 2.17 bits per heavy atom. The van der Waals surface area contributed by atoms with Crippen LogP contribution in [0.15, 0.2) is 16.9 Å². The number of H-pyrrole nitrogens is 1. The average Bonchev–Trinajstić information content (AvgIpc) is 2.56. The molecule has 6 heteroatoms. The standard InChI is InChI=1S/C12H17N5O/c1-7(2)4-9-6-10(13)17(16-9)12-14-8(3)5-11(18)15-12/h5-7H,4,13H2,1-3H3,(H,14,15,18). The predicted octanol–water partition coefficient (Wildman–Crippen LogP) is 1.04. The van der Waals surface area contributed by atoms with Gasteiger partial charge in [0.2, 0.25) is 5.95 Å². The van der Waals surface area contributed by atoms with Gasteiger partial charge >= 0.3 is 0 Å². The second-order valence-corrected chi connectivity index (χ2v) is 4.78. The van der Waals surface area contributed by atoms with Crippen LogP contribution in [0.1, 0.15) is 25.2 Å². The van der Waals surface area contributed by atoms with E-state index in [1.807, 2.05) is 6.07 Å². The zero-order chi connectivity index (χ0) is 13.3. The summed E-state index contributed by atoms with van der Waals surface area (Å²) in [5.41, 5.74) is 7.21. The molecular weight excluding hydrogens is 230 g/mol. The highest BCUT2D eigenvalue weighted by Gasteiger charge is 2.10. The average molecular weight is 247 g/mol. The minimum absolute atomic E-state index is 0.210. The Morgan fingerprint density at radius 3 is 2.78 bits per heavy atom. The maximum absolute atomic E-state index is 11.4. The molecule has 0 aliphatic heterocycles. The maximum Gasteiger partial charge on any atom is 0.252 e. The Hall–Kier alpha value is -2.11. The lowest BCUT2D eigenvalue weighted by Crippen LogP contribution is -2.15. The Kier molecular flexibility index (Phi) is 3.18. The lowest BCUT2D eigenvalue weighted by molar-refractivity contribution is 0.626. The Bertz CT molecular complexity index is 611. The van der Waals surface area contributed by atoms with Gasteiger partial charge < -0.3 is 5.73 Å². The molecule has 0 radical (unpaired) electrons. The summed E-state index contributed by atoms with van der Waals surface area (Å²) in [4.78, 5) is 18.3. The number of nitrogen functional groups attached to an aromatic ring is 1. The van der Waals surface area contributed by atoms with Crippen LogP contribution in [0.4, 0.5) is 5.82 Å². The van der Waals surface area contributed by atoms with Crippen molar-refractivity contribution in [2.45, 2.75) is 27.2 Å². The topological polar surface area (TPSA) is 89.6 Å². The van der Waals surface area contributed by atoms with Gasteiger partial charge in [0, 0.05) is 17.8 Å². The normalized spacial score (nSPS) is 11.1. The molecule has 0 aliphatic carbocycles. The fraction of sp³-hybridized carbons (Fsp3) is 0.417. The summed E-state index contributed by atoms with van der Waals surface area (Å²) in [6.45, 7) is 5.98. The molecule has 96 valence electrons. The van der Waals surface area contributed by atoms with Gasteiger partial charge in [0.05, 0.1) is 5.69 Å². The highest BCUT2D eigenvalue weighted by atomic mass is 16.1. The molecule has 0 unspecified atom stereocenters. The molecule has 0 amide bonds. The molecule has 2 aromatic heterocycles. The van der Waals surface area contributed by atoms with Crippen molar-refractivity contribution >= 4 is 5.82 Å². The molecule has 2 heterocycles. The molecule has 0 saturated heterocycles. The number of aromatic nitrogens is 4. The zero-order valence-electron chi connectivity index (χ0n) is 10.8. The number of nitrogens with two attached hydrogens (primary N) is 1. The first-order chi connectivity index (χ1) is 8.45. The molecule has 2 rings (SSSR count). The van der Waals surface area contributed by atoms with Crippen LogP contribution in [0.25, 0.3) is 5.95 Å². The first-order valence-electron chi connectivity index (χ1n) is 5.88. The van der Waals surface area contributed by atoms with Gasteiger partial charge in [-0.15, -0.1) is 0 Å². The van der Waals surface area contributed by atoms with Crippen molar-refractivity contribution < 1.29 is 0 Å². The van der Waals surface area contributed by atoms with Crippen molar-refractivity contribution in [2.75, 3.05) is 5.73 Å². The molecule has 2 aromatic rings. The highest BCUT2D eigenvalue weighted by Crippen LogP contribution is 2.13. The van der Waals surface area contributed by atoms with E-state index in [0.717, 1.165) is 12.1 Å². The molecule has 3 N–H and O–H groups in total. The summed E-state index contributed by atoms with van der Waals surface area (Å²) >= 11 is 0. The Balaban J connectivity index is 2.44. The smallest absolute Gasteiger partial charge is 0.252 e. The molecule has 0 aromatic carbocycles. The molecule has 0 fully saturated rings.